The van der Waals surface area contributed by atoms with Crippen LogP contribution in [0.4, 0.5) is 10.5 Å². The van der Waals surface area contributed by atoms with Gasteiger partial charge in [0.05, 0.1) is 0 Å². The summed E-state index contributed by atoms with van der Waals surface area (Å²) in [5, 5.41) is 7.80. The second kappa shape index (κ2) is 12.5. The summed E-state index contributed by atoms with van der Waals surface area (Å²) in [5.41, 5.74) is 0.302. The fraction of sp³-hybridized carbons (Fsp3) is 0.382. The van der Waals surface area contributed by atoms with E-state index in [2.05, 4.69) is 16.6 Å². The summed E-state index contributed by atoms with van der Waals surface area (Å²) in [6.07, 6.45) is 4.88. The molecule has 0 saturated heterocycles. The third kappa shape index (κ3) is 8.11. The van der Waals surface area contributed by atoms with Crippen LogP contribution in [0, 0.1) is 18.3 Å². The highest BCUT2D eigenvalue weighted by molar-refractivity contribution is 6.00. The number of fused-ring (bicyclic) bond motifs is 1. The van der Waals surface area contributed by atoms with E-state index in [-0.39, 0.29) is 5.92 Å². The first-order chi connectivity index (χ1) is 19.1. The Bertz CT molecular complexity index is 1440. The molecule has 0 aromatic heterocycles. The van der Waals surface area contributed by atoms with Crippen LogP contribution in [0.25, 0.3) is 10.8 Å². The minimum Gasteiger partial charge on any atom is -0.444 e. The number of hydrogen-bond acceptors (Lipinski definition) is 4. The Balaban J connectivity index is 2.07. The van der Waals surface area contributed by atoms with E-state index in [9.17, 15) is 14.4 Å². The van der Waals surface area contributed by atoms with Crippen molar-refractivity contribution in [2.75, 3.05) is 5.32 Å². The number of nitrogens with zero attached hydrogens (tertiary/aromatic N) is 1. The van der Waals surface area contributed by atoms with E-state index in [1.807, 2.05) is 77.1 Å². The minimum atomic E-state index is -1.03. The zero-order chi connectivity index (χ0) is 30.5. The average Bonchev–Trinajstić information content (AvgIpc) is 2.88. The van der Waals surface area contributed by atoms with E-state index in [0.29, 0.717) is 16.8 Å². The Kier molecular flexibility index (Phi) is 9.49. The second-order valence-electron chi connectivity index (χ2n) is 12.5. The zero-order valence-electron chi connectivity index (χ0n) is 25.2. The fourth-order valence-electron chi connectivity index (χ4n) is 4.60. The smallest absolute Gasteiger partial charge is 0.408 e. The quantitative estimate of drug-likeness (QED) is 0.319. The molecule has 0 heterocycles. The lowest BCUT2D eigenvalue weighted by atomic mass is 9.92. The molecule has 2 unspecified atom stereocenters. The summed E-state index contributed by atoms with van der Waals surface area (Å²) in [6.45, 7) is 14.5. The van der Waals surface area contributed by atoms with Crippen LogP contribution in [0.3, 0.4) is 0 Å². The number of hydrogen-bond donors (Lipinski definition) is 2. The molecule has 0 aliphatic heterocycles. The summed E-state index contributed by atoms with van der Waals surface area (Å²) >= 11 is 0. The van der Waals surface area contributed by atoms with Gasteiger partial charge in [0, 0.05) is 16.8 Å². The highest BCUT2D eigenvalue weighted by atomic mass is 16.6. The van der Waals surface area contributed by atoms with Crippen LogP contribution in [-0.4, -0.2) is 40.0 Å². The number of terminal acetylenes is 1. The summed E-state index contributed by atoms with van der Waals surface area (Å²) in [5.74, 6) is 1.51. The SMILES string of the molecule is C#Cc1ccc(C(C(=O)Nc2ccc3ccccc3c2)N(C(=O)C(NC(=O)OC(C)(C)C)C(C)C)C(C)(C)C)cc1. The molecule has 216 valence electrons. The molecule has 0 spiro atoms. The Morgan fingerprint density at radius 1 is 0.878 bits per heavy atom. The predicted octanol–water partition coefficient (Wildman–Crippen LogP) is 6.68. The van der Waals surface area contributed by atoms with E-state index < -0.39 is 41.1 Å². The maximum Gasteiger partial charge on any atom is 0.408 e. The number of rotatable bonds is 7. The molecular formula is C34H41N3O4. The van der Waals surface area contributed by atoms with Gasteiger partial charge in [-0.1, -0.05) is 62.2 Å². The zero-order valence-corrected chi connectivity index (χ0v) is 25.2. The van der Waals surface area contributed by atoms with Crippen molar-refractivity contribution in [3.05, 3.63) is 77.9 Å². The third-order valence-electron chi connectivity index (χ3n) is 6.48. The van der Waals surface area contributed by atoms with Gasteiger partial charge in [0.1, 0.15) is 17.7 Å². The van der Waals surface area contributed by atoms with Gasteiger partial charge in [-0.05, 0) is 88.1 Å². The van der Waals surface area contributed by atoms with Gasteiger partial charge in [-0.2, -0.15) is 0 Å². The molecule has 3 aromatic rings. The van der Waals surface area contributed by atoms with Crippen LogP contribution in [0.1, 0.15) is 72.6 Å². The average molecular weight is 556 g/mol. The molecule has 2 atom stereocenters. The molecule has 0 saturated carbocycles. The maximum absolute atomic E-state index is 14.3. The summed E-state index contributed by atoms with van der Waals surface area (Å²) in [4.78, 5) is 42.8. The van der Waals surface area contributed by atoms with Gasteiger partial charge >= 0.3 is 6.09 Å². The van der Waals surface area contributed by atoms with Crippen LogP contribution >= 0.6 is 0 Å². The van der Waals surface area contributed by atoms with Crippen molar-refractivity contribution < 1.29 is 19.1 Å². The molecule has 41 heavy (non-hydrogen) atoms. The molecule has 0 bridgehead atoms. The van der Waals surface area contributed by atoms with Crippen LogP contribution in [0.5, 0.6) is 0 Å². The topological polar surface area (TPSA) is 87.7 Å². The number of carbonyl (C=O) groups excluding carboxylic acids is 3. The first kappa shape index (κ1) is 31.2. The van der Waals surface area contributed by atoms with Gasteiger partial charge in [-0.3, -0.25) is 9.59 Å². The van der Waals surface area contributed by atoms with Crippen molar-refractivity contribution in [3.63, 3.8) is 0 Å². The Labute approximate surface area is 243 Å². The van der Waals surface area contributed by atoms with Crippen molar-refractivity contribution in [1.29, 1.82) is 0 Å². The molecule has 0 radical (unpaired) electrons. The van der Waals surface area contributed by atoms with Gasteiger partial charge in [0.2, 0.25) is 5.91 Å². The van der Waals surface area contributed by atoms with Crippen molar-refractivity contribution in [2.24, 2.45) is 5.92 Å². The number of nitrogens with one attached hydrogen (secondary N) is 2. The summed E-state index contributed by atoms with van der Waals surface area (Å²) in [7, 11) is 0. The number of amides is 3. The minimum absolute atomic E-state index is 0.284. The van der Waals surface area contributed by atoms with Crippen molar-refractivity contribution >= 4 is 34.4 Å². The van der Waals surface area contributed by atoms with Gasteiger partial charge in [0.15, 0.2) is 0 Å². The fourth-order valence-corrected chi connectivity index (χ4v) is 4.60. The molecule has 0 aliphatic rings. The van der Waals surface area contributed by atoms with Crippen molar-refractivity contribution in [3.8, 4) is 12.3 Å². The standard InChI is InChI=1S/C34H41N3O4/c1-10-23-15-17-25(18-16-23)29(30(38)35-27-20-19-24-13-11-12-14-26(24)21-27)37(33(4,5)6)31(39)28(22(2)3)36-32(40)41-34(7,8)9/h1,11-22,28-29H,2-9H3,(H,35,38)(H,36,40). The monoisotopic (exact) mass is 555 g/mol. The Hall–Kier alpha value is -4.31. The Morgan fingerprint density at radius 3 is 2.02 bits per heavy atom. The lowest BCUT2D eigenvalue weighted by Crippen LogP contribution is -2.59. The van der Waals surface area contributed by atoms with Crippen LogP contribution in [0.15, 0.2) is 66.7 Å². The van der Waals surface area contributed by atoms with E-state index in [0.717, 1.165) is 10.8 Å². The van der Waals surface area contributed by atoms with Crippen LogP contribution < -0.4 is 10.6 Å². The molecule has 3 aromatic carbocycles. The highest BCUT2D eigenvalue weighted by Crippen LogP contribution is 2.32. The van der Waals surface area contributed by atoms with E-state index in [4.69, 9.17) is 11.2 Å². The van der Waals surface area contributed by atoms with Crippen molar-refractivity contribution in [2.45, 2.75) is 78.6 Å². The van der Waals surface area contributed by atoms with Crippen LogP contribution in [0.2, 0.25) is 0 Å². The highest BCUT2D eigenvalue weighted by Gasteiger charge is 2.42. The van der Waals surface area contributed by atoms with Gasteiger partial charge in [-0.15, -0.1) is 6.42 Å². The van der Waals surface area contributed by atoms with Crippen LogP contribution in [-0.2, 0) is 14.3 Å². The molecule has 0 aliphatic carbocycles. The lowest BCUT2D eigenvalue weighted by molar-refractivity contribution is -0.147. The van der Waals surface area contributed by atoms with Gasteiger partial charge < -0.3 is 20.3 Å². The summed E-state index contributed by atoms with van der Waals surface area (Å²) < 4.78 is 5.45. The van der Waals surface area contributed by atoms with E-state index in [1.54, 1.807) is 45.0 Å². The van der Waals surface area contributed by atoms with E-state index >= 15 is 0 Å². The second-order valence-corrected chi connectivity index (χ2v) is 12.5. The molecule has 3 rings (SSSR count). The van der Waals surface area contributed by atoms with E-state index in [1.165, 1.54) is 4.90 Å². The normalized spacial score (nSPS) is 13.2. The number of anilines is 1. The molecule has 2 N–H and O–H groups in total. The number of alkyl carbamates (subject to hydrolysis) is 1. The lowest BCUT2D eigenvalue weighted by Gasteiger charge is -2.43. The largest absolute Gasteiger partial charge is 0.444 e. The molecule has 0 fully saturated rings. The first-order valence-corrected chi connectivity index (χ1v) is 13.8. The third-order valence-corrected chi connectivity index (χ3v) is 6.48. The number of ether oxygens (including phenoxy) is 1. The Morgan fingerprint density at radius 2 is 1.49 bits per heavy atom. The molecule has 3 amide bonds. The number of carbonyl (C=O) groups is 3. The summed E-state index contributed by atoms with van der Waals surface area (Å²) in [6, 6.07) is 18.6. The first-order valence-electron chi connectivity index (χ1n) is 13.8. The van der Waals surface area contributed by atoms with Crippen molar-refractivity contribution in [1.82, 2.24) is 10.2 Å². The van der Waals surface area contributed by atoms with Gasteiger partial charge in [0.25, 0.3) is 5.91 Å². The molecular weight excluding hydrogens is 514 g/mol. The molecule has 7 nitrogen and oxygen atoms in total. The predicted molar refractivity (Wildman–Crippen MR) is 164 cm³/mol. The maximum atomic E-state index is 14.3. The number of benzene rings is 3. The molecule has 7 heteroatoms. The van der Waals surface area contributed by atoms with Gasteiger partial charge in [-0.25, -0.2) is 4.79 Å².